The summed E-state index contributed by atoms with van der Waals surface area (Å²) in [5, 5.41) is 0. The Bertz CT molecular complexity index is 429. The minimum Gasteiger partial charge on any atom is -0.398 e. The number of nitrogens with two attached hydrogens (primary N) is 2. The van der Waals surface area contributed by atoms with Crippen molar-refractivity contribution in [1.82, 2.24) is 20.2 Å². The molecule has 0 radical (unpaired) electrons. The number of anilines is 1. The fourth-order valence-corrected chi connectivity index (χ4v) is 3.19. The number of hydrogen-bond donors (Lipinski definition) is 3. The molecule has 0 aromatic carbocycles. The summed E-state index contributed by atoms with van der Waals surface area (Å²) in [4.78, 5) is 9.21. The average Bonchev–Trinajstić information content (AvgIpc) is 2.47. The molecule has 0 aliphatic carbocycles. The number of piperazine rings is 3. The highest BCUT2D eigenvalue weighted by Gasteiger charge is 2.36. The van der Waals surface area contributed by atoms with Gasteiger partial charge in [0.25, 0.3) is 0 Å². The molecule has 0 spiro atoms. The van der Waals surface area contributed by atoms with Crippen LogP contribution in [0, 0.1) is 0 Å². The van der Waals surface area contributed by atoms with Gasteiger partial charge in [0.05, 0.1) is 0 Å². The third-order valence-corrected chi connectivity index (χ3v) is 4.38. The van der Waals surface area contributed by atoms with Gasteiger partial charge in [0.2, 0.25) is 0 Å². The number of rotatable bonds is 4. The van der Waals surface area contributed by atoms with Gasteiger partial charge in [-0.2, -0.15) is 0 Å². The highest BCUT2D eigenvalue weighted by atomic mass is 15.4. The molecule has 3 saturated heterocycles. The van der Waals surface area contributed by atoms with E-state index in [1.807, 2.05) is 12.3 Å². The van der Waals surface area contributed by atoms with E-state index < -0.39 is 0 Å². The van der Waals surface area contributed by atoms with Crippen molar-refractivity contribution in [1.29, 1.82) is 0 Å². The number of hydrogen-bond acceptors (Lipinski definition) is 6. The van der Waals surface area contributed by atoms with Crippen molar-refractivity contribution in [3.8, 4) is 0 Å². The van der Waals surface area contributed by atoms with Gasteiger partial charge in [0, 0.05) is 62.9 Å². The SMILES string of the molecule is NNC(Cc1cnccc1N)C1CN2CCN1CC2. The van der Waals surface area contributed by atoms with Crippen LogP contribution >= 0.6 is 0 Å². The molecule has 6 heteroatoms. The van der Waals surface area contributed by atoms with Gasteiger partial charge in [-0.05, 0) is 18.1 Å². The standard InChI is InChI=1S/C13H22N6/c14-11-1-2-16-8-10(11)7-12(17-15)13-9-18-3-5-19(13)6-4-18/h1-2,8,12-13,17H,3-7,9,15H2,(H2,14,16). The molecule has 3 aliphatic heterocycles. The van der Waals surface area contributed by atoms with E-state index in [2.05, 4.69) is 20.2 Å². The van der Waals surface area contributed by atoms with E-state index in [1.165, 1.54) is 13.1 Å². The van der Waals surface area contributed by atoms with Crippen molar-refractivity contribution in [3.63, 3.8) is 0 Å². The fraction of sp³-hybridized carbons (Fsp3) is 0.615. The number of fused-ring (bicyclic) bond motifs is 3. The molecular formula is C13H22N6. The predicted molar refractivity (Wildman–Crippen MR) is 75.3 cm³/mol. The Balaban J connectivity index is 1.73. The van der Waals surface area contributed by atoms with Crippen molar-refractivity contribution in [2.45, 2.75) is 18.5 Å². The number of nitrogens with one attached hydrogen (secondary N) is 1. The number of pyridine rings is 1. The van der Waals surface area contributed by atoms with Crippen LogP contribution in [0.25, 0.3) is 0 Å². The summed E-state index contributed by atoms with van der Waals surface area (Å²) in [6.45, 7) is 5.75. The van der Waals surface area contributed by atoms with Gasteiger partial charge in [-0.25, -0.2) is 0 Å². The lowest BCUT2D eigenvalue weighted by molar-refractivity contribution is -0.00313. The van der Waals surface area contributed by atoms with Crippen LogP contribution in [-0.2, 0) is 6.42 Å². The first kappa shape index (κ1) is 12.8. The van der Waals surface area contributed by atoms with Crippen molar-refractivity contribution in [2.24, 2.45) is 5.84 Å². The topological polar surface area (TPSA) is 83.4 Å². The molecule has 4 rings (SSSR count). The molecule has 5 N–H and O–H groups in total. The zero-order chi connectivity index (χ0) is 13.2. The van der Waals surface area contributed by atoms with Gasteiger partial charge in [0.1, 0.15) is 0 Å². The first-order valence-corrected chi connectivity index (χ1v) is 6.89. The zero-order valence-electron chi connectivity index (χ0n) is 11.1. The van der Waals surface area contributed by atoms with Crippen LogP contribution in [0.1, 0.15) is 5.56 Å². The number of nitrogens with zero attached hydrogens (tertiary/aromatic N) is 3. The Morgan fingerprint density at radius 1 is 1.37 bits per heavy atom. The molecule has 0 amide bonds. The second kappa shape index (κ2) is 5.42. The third kappa shape index (κ3) is 2.57. The summed E-state index contributed by atoms with van der Waals surface area (Å²) < 4.78 is 0. The molecule has 6 nitrogen and oxygen atoms in total. The summed E-state index contributed by atoms with van der Waals surface area (Å²) >= 11 is 0. The highest BCUT2D eigenvalue weighted by Crippen LogP contribution is 2.21. The maximum atomic E-state index is 6.00. The van der Waals surface area contributed by atoms with Crippen LogP contribution < -0.4 is 17.0 Å². The summed E-state index contributed by atoms with van der Waals surface area (Å²) in [6, 6.07) is 2.53. The first-order valence-electron chi connectivity index (χ1n) is 6.89. The largest absolute Gasteiger partial charge is 0.398 e. The monoisotopic (exact) mass is 262 g/mol. The van der Waals surface area contributed by atoms with Crippen LogP contribution in [0.4, 0.5) is 5.69 Å². The van der Waals surface area contributed by atoms with Crippen LogP contribution in [0.2, 0.25) is 0 Å². The minimum atomic E-state index is 0.217. The highest BCUT2D eigenvalue weighted by molar-refractivity contribution is 5.44. The van der Waals surface area contributed by atoms with Crippen molar-refractivity contribution in [3.05, 3.63) is 24.0 Å². The fourth-order valence-electron chi connectivity index (χ4n) is 3.19. The third-order valence-electron chi connectivity index (χ3n) is 4.38. The van der Waals surface area contributed by atoms with E-state index in [-0.39, 0.29) is 6.04 Å². The Hall–Kier alpha value is -1.21. The maximum Gasteiger partial charge on any atom is 0.0420 e. The lowest BCUT2D eigenvalue weighted by Crippen LogP contribution is -2.67. The van der Waals surface area contributed by atoms with Gasteiger partial charge >= 0.3 is 0 Å². The lowest BCUT2D eigenvalue weighted by Gasteiger charge is -2.50. The Morgan fingerprint density at radius 2 is 2.16 bits per heavy atom. The molecule has 2 bridgehead atoms. The van der Waals surface area contributed by atoms with E-state index in [9.17, 15) is 0 Å². The molecule has 3 fully saturated rings. The number of nitrogen functional groups attached to an aromatic ring is 1. The van der Waals surface area contributed by atoms with E-state index in [0.29, 0.717) is 6.04 Å². The van der Waals surface area contributed by atoms with Crippen LogP contribution in [0.15, 0.2) is 18.5 Å². The van der Waals surface area contributed by atoms with Gasteiger partial charge < -0.3 is 5.73 Å². The van der Waals surface area contributed by atoms with E-state index in [0.717, 1.165) is 37.3 Å². The Morgan fingerprint density at radius 3 is 2.74 bits per heavy atom. The van der Waals surface area contributed by atoms with Crippen LogP contribution in [0.3, 0.4) is 0 Å². The van der Waals surface area contributed by atoms with Gasteiger partial charge in [0.15, 0.2) is 0 Å². The Labute approximate surface area is 113 Å². The van der Waals surface area contributed by atoms with Gasteiger partial charge in [-0.3, -0.25) is 26.1 Å². The smallest absolute Gasteiger partial charge is 0.0420 e. The minimum absolute atomic E-state index is 0.217. The Kier molecular flexibility index (Phi) is 3.65. The summed E-state index contributed by atoms with van der Waals surface area (Å²) in [5.41, 5.74) is 10.8. The molecule has 104 valence electrons. The van der Waals surface area contributed by atoms with Crippen molar-refractivity contribution < 1.29 is 0 Å². The van der Waals surface area contributed by atoms with E-state index in [4.69, 9.17) is 11.6 Å². The predicted octanol–water partition coefficient (Wildman–Crippen LogP) is -0.962. The first-order chi connectivity index (χ1) is 9.28. The summed E-state index contributed by atoms with van der Waals surface area (Å²) in [7, 11) is 0. The summed E-state index contributed by atoms with van der Waals surface area (Å²) in [6.07, 6.45) is 4.39. The zero-order valence-corrected chi connectivity index (χ0v) is 11.1. The van der Waals surface area contributed by atoms with Crippen molar-refractivity contribution >= 4 is 5.69 Å². The molecule has 19 heavy (non-hydrogen) atoms. The van der Waals surface area contributed by atoms with E-state index >= 15 is 0 Å². The molecule has 1 aromatic heterocycles. The summed E-state index contributed by atoms with van der Waals surface area (Å²) in [5.74, 6) is 5.78. The van der Waals surface area contributed by atoms with Gasteiger partial charge in [-0.15, -0.1) is 0 Å². The van der Waals surface area contributed by atoms with E-state index in [1.54, 1.807) is 6.20 Å². The average molecular weight is 262 g/mol. The maximum absolute atomic E-state index is 6.00. The second-order valence-electron chi connectivity index (χ2n) is 5.46. The quantitative estimate of drug-likeness (QED) is 0.479. The molecule has 2 unspecified atom stereocenters. The second-order valence-corrected chi connectivity index (χ2v) is 5.46. The molecule has 1 aromatic rings. The normalized spacial score (nSPS) is 31.3. The molecular weight excluding hydrogens is 240 g/mol. The number of aromatic nitrogens is 1. The van der Waals surface area contributed by atoms with Crippen LogP contribution in [0.5, 0.6) is 0 Å². The number of hydrazine groups is 1. The molecule has 0 saturated carbocycles. The van der Waals surface area contributed by atoms with Gasteiger partial charge in [-0.1, -0.05) is 0 Å². The molecule has 4 heterocycles. The molecule has 2 atom stereocenters. The van der Waals surface area contributed by atoms with Crippen molar-refractivity contribution in [2.75, 3.05) is 38.5 Å². The van der Waals surface area contributed by atoms with Crippen LogP contribution in [-0.4, -0.2) is 59.6 Å². The lowest BCUT2D eigenvalue weighted by atomic mass is 9.95. The molecule has 3 aliphatic rings.